The van der Waals surface area contributed by atoms with Crippen molar-refractivity contribution in [3.05, 3.63) is 23.8 Å². The molecule has 1 atom stereocenters. The Balaban J connectivity index is 1.92. The van der Waals surface area contributed by atoms with E-state index >= 15 is 0 Å². The topological polar surface area (TPSA) is 102 Å². The monoisotopic (exact) mass is 289 g/mol. The Morgan fingerprint density at radius 1 is 1.29 bits per heavy atom. The average molecular weight is 289 g/mol. The van der Waals surface area contributed by atoms with Gasteiger partial charge in [0.15, 0.2) is 0 Å². The van der Waals surface area contributed by atoms with Crippen LogP contribution in [0.3, 0.4) is 0 Å². The van der Waals surface area contributed by atoms with E-state index < -0.39 is 11.9 Å². The first-order valence-electron chi connectivity index (χ1n) is 6.73. The van der Waals surface area contributed by atoms with Crippen LogP contribution >= 0.6 is 0 Å². The molecule has 0 radical (unpaired) electrons. The van der Waals surface area contributed by atoms with Crippen molar-refractivity contribution in [2.45, 2.75) is 18.9 Å². The minimum absolute atomic E-state index is 0.227. The Kier molecular flexibility index (Phi) is 3.25. The minimum atomic E-state index is -0.647. The van der Waals surface area contributed by atoms with Crippen LogP contribution in [0.2, 0.25) is 0 Å². The fourth-order valence-electron chi connectivity index (χ4n) is 2.63. The molecule has 110 valence electrons. The summed E-state index contributed by atoms with van der Waals surface area (Å²) in [4.78, 5) is 37.3. The number of imide groups is 1. The minimum Gasteiger partial charge on any atom is -0.491 e. The molecule has 7 nitrogen and oxygen atoms in total. The Hall–Kier alpha value is -2.57. The number of piperidine rings is 1. The van der Waals surface area contributed by atoms with Gasteiger partial charge in [-0.2, -0.15) is 0 Å². The van der Waals surface area contributed by atoms with Crippen molar-refractivity contribution in [1.82, 2.24) is 10.2 Å². The van der Waals surface area contributed by atoms with Gasteiger partial charge in [0.1, 0.15) is 18.4 Å². The fourth-order valence-corrected chi connectivity index (χ4v) is 2.63. The standard InChI is InChI=1S/C14H15N3O4/c15-8-1-3-11-9(7-8)14(20)17(5-6-21-11)10-2-4-12(18)16-13(10)19/h1,3,7,10H,2,4-6,15H2,(H,16,18,19). The van der Waals surface area contributed by atoms with Crippen LogP contribution in [0.4, 0.5) is 5.69 Å². The molecule has 2 aliphatic heterocycles. The van der Waals surface area contributed by atoms with Crippen LogP contribution in [0.15, 0.2) is 18.2 Å². The molecule has 0 aromatic heterocycles. The molecule has 0 saturated carbocycles. The number of ether oxygens (including phenoxy) is 1. The smallest absolute Gasteiger partial charge is 0.258 e. The first-order valence-corrected chi connectivity index (χ1v) is 6.73. The van der Waals surface area contributed by atoms with E-state index in [1.807, 2.05) is 0 Å². The maximum absolute atomic E-state index is 12.6. The lowest BCUT2D eigenvalue weighted by Gasteiger charge is -2.31. The van der Waals surface area contributed by atoms with Gasteiger partial charge in [0.05, 0.1) is 12.1 Å². The predicted octanol–water partition coefficient (Wildman–Crippen LogP) is -0.0914. The number of fused-ring (bicyclic) bond motifs is 1. The second-order valence-electron chi connectivity index (χ2n) is 5.07. The molecule has 2 heterocycles. The van der Waals surface area contributed by atoms with Gasteiger partial charge in [-0.3, -0.25) is 19.7 Å². The summed E-state index contributed by atoms with van der Waals surface area (Å²) >= 11 is 0. The number of carbonyl (C=O) groups is 3. The molecule has 3 rings (SSSR count). The highest BCUT2D eigenvalue weighted by atomic mass is 16.5. The van der Waals surface area contributed by atoms with E-state index in [2.05, 4.69) is 5.32 Å². The third kappa shape index (κ3) is 2.42. The van der Waals surface area contributed by atoms with E-state index in [4.69, 9.17) is 10.5 Å². The highest BCUT2D eigenvalue weighted by Crippen LogP contribution is 2.27. The van der Waals surface area contributed by atoms with Crippen molar-refractivity contribution in [1.29, 1.82) is 0 Å². The number of hydrogen-bond donors (Lipinski definition) is 2. The number of benzene rings is 1. The molecule has 0 aliphatic carbocycles. The van der Waals surface area contributed by atoms with E-state index in [-0.39, 0.29) is 18.2 Å². The van der Waals surface area contributed by atoms with E-state index in [9.17, 15) is 14.4 Å². The summed E-state index contributed by atoms with van der Waals surface area (Å²) in [6, 6.07) is 4.21. The molecule has 7 heteroatoms. The van der Waals surface area contributed by atoms with Crippen molar-refractivity contribution in [3.63, 3.8) is 0 Å². The van der Waals surface area contributed by atoms with Crippen molar-refractivity contribution in [2.75, 3.05) is 18.9 Å². The summed E-state index contributed by atoms with van der Waals surface area (Å²) in [5.41, 5.74) is 6.51. The Labute approximate surface area is 121 Å². The molecule has 0 bridgehead atoms. The van der Waals surface area contributed by atoms with E-state index in [0.717, 1.165) is 0 Å². The Bertz CT molecular complexity index is 629. The van der Waals surface area contributed by atoms with Gasteiger partial charge in [-0.05, 0) is 24.6 Å². The number of nitrogen functional groups attached to an aromatic ring is 1. The third-order valence-electron chi connectivity index (χ3n) is 3.67. The number of carbonyl (C=O) groups excluding carboxylic acids is 3. The van der Waals surface area contributed by atoms with Crippen LogP contribution in [-0.4, -0.2) is 41.8 Å². The van der Waals surface area contributed by atoms with Crippen LogP contribution in [0.25, 0.3) is 0 Å². The zero-order valence-electron chi connectivity index (χ0n) is 11.3. The second-order valence-corrected chi connectivity index (χ2v) is 5.07. The molecule has 1 fully saturated rings. The number of amides is 3. The quantitative estimate of drug-likeness (QED) is 0.555. The van der Waals surface area contributed by atoms with Gasteiger partial charge in [0.25, 0.3) is 5.91 Å². The van der Waals surface area contributed by atoms with Crippen molar-refractivity contribution >= 4 is 23.4 Å². The first kappa shape index (κ1) is 13.4. The summed E-state index contributed by atoms with van der Waals surface area (Å²) in [7, 11) is 0. The average Bonchev–Trinajstić information content (AvgIpc) is 2.59. The summed E-state index contributed by atoms with van der Waals surface area (Å²) < 4.78 is 5.53. The molecular weight excluding hydrogens is 274 g/mol. The van der Waals surface area contributed by atoms with Crippen molar-refractivity contribution in [2.24, 2.45) is 0 Å². The van der Waals surface area contributed by atoms with Crippen LogP contribution in [-0.2, 0) is 9.59 Å². The van der Waals surface area contributed by atoms with Gasteiger partial charge in [-0.15, -0.1) is 0 Å². The summed E-state index contributed by atoms with van der Waals surface area (Å²) in [6.07, 6.45) is 0.554. The molecule has 3 N–H and O–H groups in total. The highest BCUT2D eigenvalue weighted by Gasteiger charge is 2.36. The fraction of sp³-hybridized carbons (Fsp3) is 0.357. The molecule has 1 aromatic rings. The van der Waals surface area contributed by atoms with E-state index in [0.29, 0.717) is 36.6 Å². The Morgan fingerprint density at radius 2 is 2.10 bits per heavy atom. The van der Waals surface area contributed by atoms with Gasteiger partial charge in [-0.25, -0.2) is 0 Å². The number of anilines is 1. The number of nitrogens with zero attached hydrogens (tertiary/aromatic N) is 1. The normalized spacial score (nSPS) is 22.2. The number of rotatable bonds is 1. The molecule has 0 spiro atoms. The maximum atomic E-state index is 12.6. The van der Waals surface area contributed by atoms with Gasteiger partial charge in [0, 0.05) is 12.1 Å². The summed E-state index contributed by atoms with van der Waals surface area (Å²) in [5.74, 6) is -0.584. The van der Waals surface area contributed by atoms with Crippen LogP contribution < -0.4 is 15.8 Å². The Morgan fingerprint density at radius 3 is 2.86 bits per heavy atom. The summed E-state index contributed by atoms with van der Waals surface area (Å²) in [6.45, 7) is 0.583. The molecule has 1 unspecified atom stereocenters. The van der Waals surface area contributed by atoms with E-state index in [1.165, 1.54) is 4.90 Å². The molecule has 21 heavy (non-hydrogen) atoms. The second kappa shape index (κ2) is 5.08. The van der Waals surface area contributed by atoms with Crippen LogP contribution in [0, 0.1) is 0 Å². The van der Waals surface area contributed by atoms with Crippen LogP contribution in [0.1, 0.15) is 23.2 Å². The molecule has 3 amide bonds. The van der Waals surface area contributed by atoms with Crippen LogP contribution in [0.5, 0.6) is 5.75 Å². The number of hydrogen-bond acceptors (Lipinski definition) is 5. The first-order chi connectivity index (χ1) is 10.1. The largest absolute Gasteiger partial charge is 0.491 e. The number of nitrogens with one attached hydrogen (secondary N) is 1. The maximum Gasteiger partial charge on any atom is 0.258 e. The zero-order chi connectivity index (χ0) is 15.0. The predicted molar refractivity (Wildman–Crippen MR) is 73.6 cm³/mol. The lowest BCUT2D eigenvalue weighted by atomic mass is 10.0. The SMILES string of the molecule is Nc1ccc2c(c1)C(=O)N(C1CCC(=O)NC1=O)CCO2. The lowest BCUT2D eigenvalue weighted by Crippen LogP contribution is -2.54. The molecular formula is C14H15N3O4. The van der Waals surface area contributed by atoms with E-state index in [1.54, 1.807) is 18.2 Å². The molecule has 1 saturated heterocycles. The highest BCUT2D eigenvalue weighted by molar-refractivity contribution is 6.05. The zero-order valence-corrected chi connectivity index (χ0v) is 11.3. The van der Waals surface area contributed by atoms with Crippen molar-refractivity contribution in [3.8, 4) is 5.75 Å². The molecule has 1 aromatic carbocycles. The lowest BCUT2D eigenvalue weighted by molar-refractivity contribution is -0.136. The van der Waals surface area contributed by atoms with Crippen molar-refractivity contribution < 1.29 is 19.1 Å². The third-order valence-corrected chi connectivity index (χ3v) is 3.67. The van der Waals surface area contributed by atoms with Gasteiger partial charge in [0.2, 0.25) is 11.8 Å². The summed E-state index contributed by atoms with van der Waals surface area (Å²) in [5, 5.41) is 2.27. The molecule has 2 aliphatic rings. The number of nitrogens with two attached hydrogens (primary N) is 1. The van der Waals surface area contributed by atoms with Gasteiger partial charge >= 0.3 is 0 Å². The van der Waals surface area contributed by atoms with Gasteiger partial charge in [-0.1, -0.05) is 0 Å². The van der Waals surface area contributed by atoms with Gasteiger partial charge < -0.3 is 15.4 Å².